The molecule has 1 aliphatic heterocycles. The molecule has 3 N–H and O–H groups in total. The Kier molecular flexibility index (Phi) is 5.28. The summed E-state index contributed by atoms with van der Waals surface area (Å²) < 4.78 is 24.4. The van der Waals surface area contributed by atoms with E-state index < -0.39 is 10.2 Å². The Morgan fingerprint density at radius 1 is 1.13 bits per heavy atom. The maximum atomic E-state index is 12.7. The summed E-state index contributed by atoms with van der Waals surface area (Å²) >= 11 is 0. The SMILES string of the molecule is NS(=O)(=O)NC[C@@H]1CCCN(C(=O)[C@H]2C[C@H]2C2CCCCC2)C1. The van der Waals surface area contributed by atoms with Gasteiger partial charge >= 0.3 is 0 Å². The van der Waals surface area contributed by atoms with E-state index in [1.54, 1.807) is 0 Å². The van der Waals surface area contributed by atoms with Crippen molar-refractivity contribution in [3.05, 3.63) is 0 Å². The molecule has 23 heavy (non-hydrogen) atoms. The number of likely N-dealkylation sites (tertiary alicyclic amines) is 1. The first-order valence-corrected chi connectivity index (χ1v) is 10.5. The van der Waals surface area contributed by atoms with E-state index in [-0.39, 0.29) is 11.8 Å². The molecule has 0 aromatic carbocycles. The molecule has 2 saturated carbocycles. The molecule has 6 nitrogen and oxygen atoms in total. The van der Waals surface area contributed by atoms with Crippen molar-refractivity contribution >= 4 is 16.1 Å². The van der Waals surface area contributed by atoms with Crippen LogP contribution in [0.5, 0.6) is 0 Å². The van der Waals surface area contributed by atoms with Crippen molar-refractivity contribution < 1.29 is 13.2 Å². The Balaban J connectivity index is 1.48. The van der Waals surface area contributed by atoms with E-state index in [0.29, 0.717) is 24.9 Å². The van der Waals surface area contributed by atoms with Crippen LogP contribution in [0.1, 0.15) is 51.4 Å². The van der Waals surface area contributed by atoms with Gasteiger partial charge in [-0.25, -0.2) is 9.86 Å². The highest BCUT2D eigenvalue weighted by molar-refractivity contribution is 7.87. The molecule has 1 saturated heterocycles. The number of nitrogens with two attached hydrogens (primary N) is 1. The number of carbonyl (C=O) groups excluding carboxylic acids is 1. The van der Waals surface area contributed by atoms with Gasteiger partial charge in [-0.3, -0.25) is 4.79 Å². The molecule has 1 amide bonds. The number of rotatable bonds is 5. The van der Waals surface area contributed by atoms with Gasteiger partial charge in [0.25, 0.3) is 10.2 Å². The molecule has 3 atom stereocenters. The van der Waals surface area contributed by atoms with Crippen LogP contribution in [0.15, 0.2) is 0 Å². The van der Waals surface area contributed by atoms with E-state index in [2.05, 4.69) is 4.72 Å². The van der Waals surface area contributed by atoms with E-state index in [0.717, 1.165) is 31.7 Å². The first-order valence-electron chi connectivity index (χ1n) is 9.00. The van der Waals surface area contributed by atoms with Gasteiger partial charge in [-0.05, 0) is 37.0 Å². The lowest BCUT2D eigenvalue weighted by molar-refractivity contribution is -0.134. The van der Waals surface area contributed by atoms with Crippen LogP contribution >= 0.6 is 0 Å². The average molecular weight is 343 g/mol. The van der Waals surface area contributed by atoms with Gasteiger partial charge in [-0.15, -0.1) is 0 Å². The molecular formula is C16H29N3O3S. The monoisotopic (exact) mass is 343 g/mol. The van der Waals surface area contributed by atoms with Gasteiger partial charge < -0.3 is 4.90 Å². The van der Waals surface area contributed by atoms with E-state index in [1.165, 1.54) is 32.1 Å². The molecule has 7 heteroatoms. The fourth-order valence-electron chi connectivity index (χ4n) is 4.48. The molecule has 0 unspecified atom stereocenters. The summed E-state index contributed by atoms with van der Waals surface area (Å²) in [7, 11) is -3.64. The van der Waals surface area contributed by atoms with Crippen LogP contribution in [0.3, 0.4) is 0 Å². The lowest BCUT2D eigenvalue weighted by Crippen LogP contribution is -2.45. The second kappa shape index (κ2) is 7.07. The third kappa shape index (κ3) is 4.67. The summed E-state index contributed by atoms with van der Waals surface area (Å²) in [5.74, 6) is 2.11. The summed E-state index contributed by atoms with van der Waals surface area (Å²) in [6.07, 6.45) is 9.57. The van der Waals surface area contributed by atoms with Gasteiger partial charge in [-0.2, -0.15) is 8.42 Å². The van der Waals surface area contributed by atoms with E-state index in [1.807, 2.05) is 4.90 Å². The quantitative estimate of drug-likeness (QED) is 0.786. The molecule has 0 bridgehead atoms. The summed E-state index contributed by atoms with van der Waals surface area (Å²) in [4.78, 5) is 14.7. The summed E-state index contributed by atoms with van der Waals surface area (Å²) in [6, 6.07) is 0. The second-order valence-electron chi connectivity index (χ2n) is 7.59. The Morgan fingerprint density at radius 2 is 1.87 bits per heavy atom. The predicted octanol–water partition coefficient (Wildman–Crippen LogP) is 1.23. The number of hydrogen-bond donors (Lipinski definition) is 2. The smallest absolute Gasteiger partial charge is 0.274 e. The molecule has 2 aliphatic carbocycles. The number of amides is 1. The highest BCUT2D eigenvalue weighted by Crippen LogP contribution is 2.50. The van der Waals surface area contributed by atoms with Gasteiger partial charge in [0.15, 0.2) is 0 Å². The topological polar surface area (TPSA) is 92.5 Å². The number of nitrogens with zero attached hydrogens (tertiary/aromatic N) is 1. The zero-order valence-corrected chi connectivity index (χ0v) is 14.6. The second-order valence-corrected chi connectivity index (χ2v) is 8.97. The van der Waals surface area contributed by atoms with Gasteiger partial charge in [0.2, 0.25) is 5.91 Å². The van der Waals surface area contributed by atoms with Crippen LogP contribution in [-0.2, 0) is 15.0 Å². The summed E-state index contributed by atoms with van der Waals surface area (Å²) in [6.45, 7) is 1.81. The number of carbonyl (C=O) groups is 1. The van der Waals surface area contributed by atoms with Crippen molar-refractivity contribution in [2.75, 3.05) is 19.6 Å². The van der Waals surface area contributed by atoms with Crippen molar-refractivity contribution in [2.24, 2.45) is 28.8 Å². The zero-order valence-electron chi connectivity index (χ0n) is 13.7. The number of hydrogen-bond acceptors (Lipinski definition) is 3. The molecule has 1 heterocycles. The Morgan fingerprint density at radius 3 is 2.57 bits per heavy atom. The largest absolute Gasteiger partial charge is 0.342 e. The Hall–Kier alpha value is -0.660. The van der Waals surface area contributed by atoms with Crippen LogP contribution < -0.4 is 9.86 Å². The molecule has 132 valence electrons. The molecule has 3 aliphatic rings. The summed E-state index contributed by atoms with van der Waals surface area (Å²) in [5.41, 5.74) is 0. The van der Waals surface area contributed by atoms with Gasteiger partial charge in [-0.1, -0.05) is 32.1 Å². The molecule has 0 spiro atoms. The fourth-order valence-corrected chi connectivity index (χ4v) is 4.95. The van der Waals surface area contributed by atoms with Crippen molar-refractivity contribution in [2.45, 2.75) is 51.4 Å². The minimum Gasteiger partial charge on any atom is -0.342 e. The van der Waals surface area contributed by atoms with Gasteiger partial charge in [0.1, 0.15) is 0 Å². The third-order valence-electron chi connectivity index (χ3n) is 5.82. The third-order valence-corrected chi connectivity index (χ3v) is 6.39. The average Bonchev–Trinajstić information content (AvgIpc) is 3.33. The van der Waals surface area contributed by atoms with Crippen LogP contribution in [0.2, 0.25) is 0 Å². The van der Waals surface area contributed by atoms with Crippen molar-refractivity contribution in [3.63, 3.8) is 0 Å². The number of nitrogens with one attached hydrogen (secondary N) is 1. The molecule has 0 aromatic rings. The zero-order chi connectivity index (χ0) is 16.4. The van der Waals surface area contributed by atoms with Gasteiger partial charge in [0.05, 0.1) is 0 Å². The Labute approximate surface area is 139 Å². The van der Waals surface area contributed by atoms with Crippen LogP contribution in [0.25, 0.3) is 0 Å². The predicted molar refractivity (Wildman–Crippen MR) is 88.6 cm³/mol. The standard InChI is InChI=1S/C16H29N3O3S/c17-23(21,22)18-10-12-5-4-8-19(11-12)16(20)15-9-14(15)13-6-2-1-3-7-13/h12-15,18H,1-11H2,(H2,17,21,22)/t12-,14-,15-/m0/s1. The van der Waals surface area contributed by atoms with Gasteiger partial charge in [0, 0.05) is 25.6 Å². The minimum atomic E-state index is -3.64. The van der Waals surface area contributed by atoms with Crippen molar-refractivity contribution in [1.82, 2.24) is 9.62 Å². The van der Waals surface area contributed by atoms with Crippen molar-refractivity contribution in [1.29, 1.82) is 0 Å². The maximum Gasteiger partial charge on any atom is 0.274 e. The minimum absolute atomic E-state index is 0.179. The molecular weight excluding hydrogens is 314 g/mol. The van der Waals surface area contributed by atoms with Crippen molar-refractivity contribution in [3.8, 4) is 0 Å². The molecule has 3 rings (SSSR count). The van der Waals surface area contributed by atoms with E-state index >= 15 is 0 Å². The molecule has 3 fully saturated rings. The first-order chi connectivity index (χ1) is 10.9. The number of piperidine rings is 1. The van der Waals surface area contributed by atoms with E-state index in [4.69, 9.17) is 5.14 Å². The lowest BCUT2D eigenvalue weighted by Gasteiger charge is -2.33. The Bertz CT molecular complexity index is 531. The van der Waals surface area contributed by atoms with Crippen LogP contribution in [0.4, 0.5) is 0 Å². The fraction of sp³-hybridized carbons (Fsp3) is 0.938. The highest BCUT2D eigenvalue weighted by Gasteiger charge is 2.49. The van der Waals surface area contributed by atoms with Crippen LogP contribution in [-0.4, -0.2) is 38.9 Å². The van der Waals surface area contributed by atoms with Crippen LogP contribution in [0, 0.1) is 23.7 Å². The normalized spacial score (nSPS) is 32.7. The maximum absolute atomic E-state index is 12.7. The first kappa shape index (κ1) is 17.2. The highest BCUT2D eigenvalue weighted by atomic mass is 32.2. The van der Waals surface area contributed by atoms with E-state index in [9.17, 15) is 13.2 Å². The molecule has 0 aromatic heterocycles. The molecule has 0 radical (unpaired) electrons. The summed E-state index contributed by atoms with van der Waals surface area (Å²) in [5, 5.41) is 4.99. The lowest BCUT2D eigenvalue weighted by atomic mass is 9.85.